The topological polar surface area (TPSA) is 59.3 Å². The van der Waals surface area contributed by atoms with Crippen LogP contribution in [-0.2, 0) is 5.54 Å². The number of ether oxygens (including phenoxy) is 1. The molecule has 164 valence electrons. The molecule has 2 heterocycles. The normalized spacial score (nSPS) is 20.5. The molecular weight excluding hydrogens is 376 g/mol. The summed E-state index contributed by atoms with van der Waals surface area (Å²) in [4.78, 5) is 5.24. The van der Waals surface area contributed by atoms with E-state index in [2.05, 4.69) is 58.2 Å². The predicted molar refractivity (Wildman–Crippen MR) is 118 cm³/mol. The summed E-state index contributed by atoms with van der Waals surface area (Å²) in [5, 5.41) is 13.1. The monoisotopic (exact) mass is 412 g/mol. The Morgan fingerprint density at radius 2 is 1.80 bits per heavy atom. The van der Waals surface area contributed by atoms with Crippen molar-refractivity contribution in [3.05, 3.63) is 35.7 Å². The lowest BCUT2D eigenvalue weighted by Gasteiger charge is -2.42. The number of tetrazole rings is 1. The number of nitrogens with zero attached hydrogens (tertiary/aromatic N) is 6. The Hall–Kier alpha value is -1.99. The lowest BCUT2D eigenvalue weighted by molar-refractivity contribution is 0.0744. The van der Waals surface area contributed by atoms with E-state index in [9.17, 15) is 0 Å². The number of para-hydroxylation sites is 1. The van der Waals surface area contributed by atoms with Crippen molar-refractivity contribution in [3.8, 4) is 5.75 Å². The molecule has 7 nitrogen and oxygen atoms in total. The van der Waals surface area contributed by atoms with E-state index in [0.717, 1.165) is 55.8 Å². The minimum atomic E-state index is -0.148. The summed E-state index contributed by atoms with van der Waals surface area (Å²) in [6, 6.07) is 9.06. The SMILES string of the molecule is CCC(C)(C)n1nnnc1C(c1ccccc1OC)N1CCN(C2CCCC2)CC1. The number of benzene rings is 1. The molecule has 1 aliphatic heterocycles. The van der Waals surface area contributed by atoms with Crippen LogP contribution in [0, 0.1) is 0 Å². The molecule has 1 aromatic heterocycles. The second-order valence-corrected chi connectivity index (χ2v) is 9.27. The van der Waals surface area contributed by atoms with Crippen molar-refractivity contribution in [3.63, 3.8) is 0 Å². The number of aromatic nitrogens is 4. The largest absolute Gasteiger partial charge is 0.496 e. The van der Waals surface area contributed by atoms with Gasteiger partial charge in [0.15, 0.2) is 5.82 Å². The van der Waals surface area contributed by atoms with E-state index in [1.54, 1.807) is 7.11 Å². The molecule has 1 saturated carbocycles. The van der Waals surface area contributed by atoms with Crippen molar-refractivity contribution >= 4 is 0 Å². The van der Waals surface area contributed by atoms with Gasteiger partial charge in [0.1, 0.15) is 11.8 Å². The van der Waals surface area contributed by atoms with Gasteiger partial charge in [-0.15, -0.1) is 5.10 Å². The summed E-state index contributed by atoms with van der Waals surface area (Å²) in [6.07, 6.45) is 6.45. The van der Waals surface area contributed by atoms with Crippen LogP contribution in [0.25, 0.3) is 0 Å². The Kier molecular flexibility index (Phi) is 6.39. The molecule has 1 unspecified atom stereocenters. The lowest BCUT2D eigenvalue weighted by Crippen LogP contribution is -2.51. The van der Waals surface area contributed by atoms with E-state index in [1.807, 2.05) is 16.8 Å². The van der Waals surface area contributed by atoms with Crippen LogP contribution in [-0.4, -0.2) is 69.3 Å². The molecule has 2 aliphatic rings. The maximum absolute atomic E-state index is 5.75. The van der Waals surface area contributed by atoms with Gasteiger partial charge < -0.3 is 4.74 Å². The molecule has 2 fully saturated rings. The van der Waals surface area contributed by atoms with Crippen LogP contribution in [0.3, 0.4) is 0 Å². The first kappa shape index (κ1) is 21.2. The van der Waals surface area contributed by atoms with E-state index in [1.165, 1.54) is 25.7 Å². The zero-order valence-electron chi connectivity index (χ0n) is 18.9. The molecule has 4 rings (SSSR count). The first-order valence-electron chi connectivity index (χ1n) is 11.4. The van der Waals surface area contributed by atoms with Crippen molar-refractivity contribution in [2.24, 2.45) is 0 Å². The first-order chi connectivity index (χ1) is 14.5. The number of rotatable bonds is 7. The van der Waals surface area contributed by atoms with Gasteiger partial charge >= 0.3 is 0 Å². The Bertz CT molecular complexity index is 821. The molecule has 1 aromatic carbocycles. The number of hydrogen-bond acceptors (Lipinski definition) is 6. The van der Waals surface area contributed by atoms with Crippen LogP contribution >= 0.6 is 0 Å². The van der Waals surface area contributed by atoms with Crippen LogP contribution < -0.4 is 4.74 Å². The molecule has 30 heavy (non-hydrogen) atoms. The van der Waals surface area contributed by atoms with E-state index >= 15 is 0 Å². The van der Waals surface area contributed by atoms with Gasteiger partial charge in [0, 0.05) is 37.8 Å². The van der Waals surface area contributed by atoms with Crippen LogP contribution in [0.4, 0.5) is 0 Å². The molecule has 0 spiro atoms. The molecular formula is C23H36N6O. The van der Waals surface area contributed by atoms with Crippen LogP contribution in [0.5, 0.6) is 5.75 Å². The second-order valence-electron chi connectivity index (χ2n) is 9.27. The highest BCUT2D eigenvalue weighted by Crippen LogP contribution is 2.36. The van der Waals surface area contributed by atoms with Gasteiger partial charge in [-0.2, -0.15) is 0 Å². The fourth-order valence-corrected chi connectivity index (χ4v) is 4.97. The fourth-order valence-electron chi connectivity index (χ4n) is 4.97. The average Bonchev–Trinajstić information content (AvgIpc) is 3.48. The van der Waals surface area contributed by atoms with Crippen LogP contribution in [0.15, 0.2) is 24.3 Å². The third-order valence-electron chi connectivity index (χ3n) is 7.17. The highest BCUT2D eigenvalue weighted by molar-refractivity contribution is 5.39. The Morgan fingerprint density at radius 3 is 2.47 bits per heavy atom. The van der Waals surface area contributed by atoms with Crippen molar-refractivity contribution in [2.75, 3.05) is 33.3 Å². The van der Waals surface area contributed by atoms with Gasteiger partial charge in [-0.25, -0.2) is 4.68 Å². The molecule has 0 N–H and O–H groups in total. The first-order valence-corrected chi connectivity index (χ1v) is 11.4. The van der Waals surface area contributed by atoms with Gasteiger partial charge in [0.25, 0.3) is 0 Å². The zero-order chi connectivity index (χ0) is 21.1. The van der Waals surface area contributed by atoms with E-state index < -0.39 is 0 Å². The number of piperazine rings is 1. The summed E-state index contributed by atoms with van der Waals surface area (Å²) in [6.45, 7) is 10.8. The number of hydrogen-bond donors (Lipinski definition) is 0. The molecule has 1 aliphatic carbocycles. The van der Waals surface area contributed by atoms with Gasteiger partial charge in [-0.05, 0) is 49.6 Å². The molecule has 7 heteroatoms. The maximum Gasteiger partial charge on any atom is 0.173 e. The van der Waals surface area contributed by atoms with Gasteiger partial charge in [0.2, 0.25) is 0 Å². The third kappa shape index (κ3) is 4.10. The van der Waals surface area contributed by atoms with Crippen molar-refractivity contribution in [1.29, 1.82) is 0 Å². The molecule has 0 amide bonds. The smallest absolute Gasteiger partial charge is 0.173 e. The lowest BCUT2D eigenvalue weighted by atomic mass is 9.98. The Labute approximate surface area is 180 Å². The summed E-state index contributed by atoms with van der Waals surface area (Å²) < 4.78 is 7.78. The predicted octanol–water partition coefficient (Wildman–Crippen LogP) is 3.48. The van der Waals surface area contributed by atoms with Crippen LogP contribution in [0.2, 0.25) is 0 Å². The molecule has 1 saturated heterocycles. The minimum absolute atomic E-state index is 0.0206. The molecule has 2 aromatic rings. The molecule has 1 atom stereocenters. The van der Waals surface area contributed by atoms with Crippen molar-refractivity contribution in [1.82, 2.24) is 30.0 Å². The Balaban J connectivity index is 1.67. The highest BCUT2D eigenvalue weighted by Gasteiger charge is 2.36. The fraction of sp³-hybridized carbons (Fsp3) is 0.696. The molecule has 0 bridgehead atoms. The van der Waals surface area contributed by atoms with Gasteiger partial charge in [-0.1, -0.05) is 38.0 Å². The second kappa shape index (κ2) is 9.02. The molecule has 0 radical (unpaired) electrons. The quantitative estimate of drug-likeness (QED) is 0.694. The van der Waals surface area contributed by atoms with Crippen molar-refractivity contribution < 1.29 is 4.74 Å². The summed E-state index contributed by atoms with van der Waals surface area (Å²) in [7, 11) is 1.74. The highest BCUT2D eigenvalue weighted by atomic mass is 16.5. The van der Waals surface area contributed by atoms with Crippen molar-refractivity contribution in [2.45, 2.75) is 70.5 Å². The van der Waals surface area contributed by atoms with Crippen LogP contribution in [0.1, 0.15) is 70.3 Å². The summed E-state index contributed by atoms with van der Waals surface area (Å²) >= 11 is 0. The van der Waals surface area contributed by atoms with Gasteiger partial charge in [0.05, 0.1) is 12.6 Å². The maximum atomic E-state index is 5.75. The van der Waals surface area contributed by atoms with E-state index in [0.29, 0.717) is 0 Å². The summed E-state index contributed by atoms with van der Waals surface area (Å²) in [5.74, 6) is 1.80. The van der Waals surface area contributed by atoms with E-state index in [4.69, 9.17) is 4.74 Å². The van der Waals surface area contributed by atoms with Gasteiger partial charge in [-0.3, -0.25) is 9.80 Å². The average molecular weight is 413 g/mol. The Morgan fingerprint density at radius 1 is 1.10 bits per heavy atom. The third-order valence-corrected chi connectivity index (χ3v) is 7.17. The zero-order valence-corrected chi connectivity index (χ0v) is 18.9. The number of methoxy groups -OCH3 is 1. The van der Waals surface area contributed by atoms with E-state index in [-0.39, 0.29) is 11.6 Å². The summed E-state index contributed by atoms with van der Waals surface area (Å²) in [5.41, 5.74) is 0.988. The standard InChI is InChI=1S/C23H36N6O/c1-5-23(2,3)29-22(24-25-26-29)21(19-12-8-9-13-20(19)30-4)28-16-14-27(15-17-28)18-10-6-7-11-18/h8-9,12-13,18,21H,5-7,10-11,14-17H2,1-4H3. The minimum Gasteiger partial charge on any atom is -0.496 e.